The molecule has 1 aliphatic carbocycles. The maximum atomic E-state index is 13.5. The fraction of sp³-hybridized carbons (Fsp3) is 0.297. The Morgan fingerprint density at radius 2 is 1.67 bits per heavy atom. The highest BCUT2D eigenvalue weighted by Crippen LogP contribution is 2.41. The predicted molar refractivity (Wildman–Crippen MR) is 182 cm³/mol. The molecule has 5 rings (SSSR count). The van der Waals surface area contributed by atoms with E-state index in [9.17, 15) is 9.59 Å². The van der Waals surface area contributed by atoms with Crippen molar-refractivity contribution in [2.75, 3.05) is 40.1 Å². The van der Waals surface area contributed by atoms with Crippen molar-refractivity contribution in [2.45, 2.75) is 37.1 Å². The summed E-state index contributed by atoms with van der Waals surface area (Å²) in [5.74, 6) is 1.88. The second-order valence-corrected chi connectivity index (χ2v) is 12.6. The SMILES string of the molecule is COc1cccc(CC(=O)N(C)C2c3cc(NSc4cc(-c5cccc(C(=O)N(C)C)c5)ccc4OC)ccc3CC[C@H]2C)c1. The first kappa shape index (κ1) is 32.0. The Bertz CT molecular complexity index is 1690. The molecule has 7 nitrogen and oxygen atoms in total. The maximum absolute atomic E-state index is 13.5. The molecule has 2 amide bonds. The van der Waals surface area contributed by atoms with Crippen molar-refractivity contribution in [3.8, 4) is 22.6 Å². The van der Waals surface area contributed by atoms with Gasteiger partial charge in [0.1, 0.15) is 11.5 Å². The molecule has 0 heterocycles. The van der Waals surface area contributed by atoms with E-state index in [4.69, 9.17) is 9.47 Å². The minimum absolute atomic E-state index is 0.0198. The van der Waals surface area contributed by atoms with Gasteiger partial charge in [0.15, 0.2) is 0 Å². The number of ether oxygens (including phenoxy) is 2. The Morgan fingerprint density at radius 3 is 2.42 bits per heavy atom. The number of benzene rings is 4. The summed E-state index contributed by atoms with van der Waals surface area (Å²) in [4.78, 5) is 30.5. The number of rotatable bonds is 10. The minimum atomic E-state index is -0.0331. The van der Waals surface area contributed by atoms with E-state index in [1.54, 1.807) is 33.2 Å². The highest BCUT2D eigenvalue weighted by Gasteiger charge is 2.32. The fourth-order valence-electron chi connectivity index (χ4n) is 5.98. The van der Waals surface area contributed by atoms with Crippen molar-refractivity contribution in [1.82, 2.24) is 9.80 Å². The highest BCUT2D eigenvalue weighted by atomic mass is 32.2. The quantitative estimate of drug-likeness (QED) is 0.184. The smallest absolute Gasteiger partial charge is 0.253 e. The third-order valence-electron chi connectivity index (χ3n) is 8.46. The first-order valence-electron chi connectivity index (χ1n) is 15.1. The van der Waals surface area contributed by atoms with Crippen LogP contribution in [0, 0.1) is 5.92 Å². The summed E-state index contributed by atoms with van der Waals surface area (Å²) in [6.45, 7) is 2.23. The molecule has 1 unspecified atom stereocenters. The van der Waals surface area contributed by atoms with Crippen molar-refractivity contribution in [2.24, 2.45) is 5.92 Å². The van der Waals surface area contributed by atoms with Gasteiger partial charge in [-0.15, -0.1) is 0 Å². The van der Waals surface area contributed by atoms with Gasteiger partial charge in [0, 0.05) is 32.4 Å². The molecular formula is C37H41N3O4S. The Labute approximate surface area is 270 Å². The maximum Gasteiger partial charge on any atom is 0.253 e. The molecule has 4 aromatic rings. The van der Waals surface area contributed by atoms with E-state index in [2.05, 4.69) is 35.9 Å². The number of anilines is 1. The summed E-state index contributed by atoms with van der Waals surface area (Å²) >= 11 is 1.48. The normalized spacial score (nSPS) is 15.5. The highest BCUT2D eigenvalue weighted by molar-refractivity contribution is 8.00. The van der Waals surface area contributed by atoms with Crippen LogP contribution in [-0.4, -0.2) is 57.0 Å². The number of nitrogens with one attached hydrogen (secondary N) is 1. The summed E-state index contributed by atoms with van der Waals surface area (Å²) in [6, 6.07) is 27.8. The number of nitrogens with zero attached hydrogens (tertiary/aromatic N) is 2. The van der Waals surface area contributed by atoms with Crippen LogP contribution in [0.15, 0.2) is 89.8 Å². The summed E-state index contributed by atoms with van der Waals surface area (Å²) in [5, 5.41) is 0. The van der Waals surface area contributed by atoms with Crippen molar-refractivity contribution in [3.05, 3.63) is 107 Å². The van der Waals surface area contributed by atoms with Gasteiger partial charge in [0.05, 0.1) is 31.6 Å². The number of carbonyl (C=O) groups is 2. The van der Waals surface area contributed by atoms with Crippen LogP contribution in [0.3, 0.4) is 0 Å². The van der Waals surface area contributed by atoms with Gasteiger partial charge in [-0.2, -0.15) is 0 Å². The zero-order chi connectivity index (χ0) is 32.1. The van der Waals surface area contributed by atoms with Crippen LogP contribution >= 0.6 is 11.9 Å². The van der Waals surface area contributed by atoms with Crippen molar-refractivity contribution in [1.29, 1.82) is 0 Å². The molecule has 0 aromatic heterocycles. The molecule has 0 fully saturated rings. The number of amides is 2. The van der Waals surface area contributed by atoms with Gasteiger partial charge in [-0.05, 0) is 107 Å². The van der Waals surface area contributed by atoms with Crippen LogP contribution in [0.4, 0.5) is 5.69 Å². The third kappa shape index (κ3) is 7.28. The number of fused-ring (bicyclic) bond motifs is 1. The first-order chi connectivity index (χ1) is 21.7. The largest absolute Gasteiger partial charge is 0.497 e. The lowest BCUT2D eigenvalue weighted by Crippen LogP contribution is -2.38. The van der Waals surface area contributed by atoms with Crippen molar-refractivity contribution in [3.63, 3.8) is 0 Å². The molecule has 0 aliphatic heterocycles. The second-order valence-electron chi connectivity index (χ2n) is 11.8. The molecule has 234 valence electrons. The molecule has 8 heteroatoms. The Morgan fingerprint density at radius 1 is 0.889 bits per heavy atom. The average molecular weight is 624 g/mol. The van der Waals surface area contributed by atoms with E-state index >= 15 is 0 Å². The van der Waals surface area contributed by atoms with Gasteiger partial charge < -0.3 is 24.0 Å². The molecule has 0 bridgehead atoms. The molecule has 0 spiro atoms. The Hall–Kier alpha value is -4.43. The van der Waals surface area contributed by atoms with E-state index in [0.29, 0.717) is 17.9 Å². The van der Waals surface area contributed by atoms with E-state index in [1.807, 2.05) is 72.6 Å². The van der Waals surface area contributed by atoms with E-state index in [0.717, 1.165) is 51.6 Å². The van der Waals surface area contributed by atoms with Crippen molar-refractivity contribution < 1.29 is 19.1 Å². The van der Waals surface area contributed by atoms with E-state index in [1.165, 1.54) is 23.1 Å². The molecular weight excluding hydrogens is 582 g/mol. The Kier molecular flexibility index (Phi) is 10.0. The molecule has 0 radical (unpaired) electrons. The monoisotopic (exact) mass is 623 g/mol. The number of aryl methyl sites for hydroxylation is 1. The van der Waals surface area contributed by atoms with Gasteiger partial charge in [-0.3, -0.25) is 9.59 Å². The topological polar surface area (TPSA) is 71.1 Å². The lowest BCUT2D eigenvalue weighted by molar-refractivity contribution is -0.132. The number of hydrogen-bond acceptors (Lipinski definition) is 6. The predicted octanol–water partition coefficient (Wildman–Crippen LogP) is 7.52. The van der Waals surface area contributed by atoms with Crippen LogP contribution in [0.5, 0.6) is 11.5 Å². The average Bonchev–Trinajstić information content (AvgIpc) is 3.06. The van der Waals surface area contributed by atoms with Gasteiger partial charge in [-0.25, -0.2) is 0 Å². The lowest BCUT2D eigenvalue weighted by Gasteiger charge is -2.38. The standard InChI is InChI=1S/C37H41N3O4S/c1-24-13-14-26-15-17-30(23-32(26)36(24)40(4)35(41)20-25-9-7-12-31(19-25)43-5)38-45-34-22-28(16-18-33(34)44-6)27-10-8-11-29(21-27)37(42)39(2)3/h7-12,15-19,21-24,36,38H,13-14,20H2,1-6H3/t24-,36?/m1/s1. The number of methoxy groups -OCH3 is 2. The summed E-state index contributed by atoms with van der Waals surface area (Å²) in [6.07, 6.45) is 2.34. The minimum Gasteiger partial charge on any atom is -0.497 e. The summed E-state index contributed by atoms with van der Waals surface area (Å²) < 4.78 is 14.6. The zero-order valence-electron chi connectivity index (χ0n) is 26.8. The second kappa shape index (κ2) is 14.1. The van der Waals surface area contributed by atoms with Crippen LogP contribution in [0.25, 0.3) is 11.1 Å². The van der Waals surface area contributed by atoms with Crippen LogP contribution in [0.2, 0.25) is 0 Å². The van der Waals surface area contributed by atoms with Gasteiger partial charge >= 0.3 is 0 Å². The fourth-order valence-corrected chi connectivity index (χ4v) is 6.77. The number of hydrogen-bond donors (Lipinski definition) is 1. The molecule has 1 aliphatic rings. The molecule has 0 saturated carbocycles. The van der Waals surface area contributed by atoms with Crippen LogP contribution in [0.1, 0.15) is 46.4 Å². The summed E-state index contributed by atoms with van der Waals surface area (Å²) in [5.41, 5.74) is 6.95. The zero-order valence-corrected chi connectivity index (χ0v) is 27.6. The van der Waals surface area contributed by atoms with Gasteiger partial charge in [-0.1, -0.05) is 43.3 Å². The van der Waals surface area contributed by atoms with Gasteiger partial charge in [0.25, 0.3) is 5.91 Å². The number of likely N-dealkylation sites (N-methyl/N-ethyl adjacent to an activating group) is 1. The molecule has 45 heavy (non-hydrogen) atoms. The van der Waals surface area contributed by atoms with Gasteiger partial charge in [0.2, 0.25) is 5.91 Å². The molecule has 4 aromatic carbocycles. The first-order valence-corrected chi connectivity index (χ1v) is 15.9. The molecule has 2 atom stereocenters. The molecule has 0 saturated heterocycles. The summed E-state index contributed by atoms with van der Waals surface area (Å²) in [7, 11) is 8.73. The lowest BCUT2D eigenvalue weighted by atomic mass is 9.79. The number of carbonyl (C=O) groups excluding carboxylic acids is 2. The van der Waals surface area contributed by atoms with Crippen molar-refractivity contribution >= 4 is 29.4 Å². The van der Waals surface area contributed by atoms with E-state index < -0.39 is 0 Å². The third-order valence-corrected chi connectivity index (χ3v) is 9.34. The molecule has 1 N–H and O–H groups in total. The van der Waals surface area contributed by atoms with E-state index in [-0.39, 0.29) is 17.9 Å². The Balaban J connectivity index is 1.36. The van der Waals surface area contributed by atoms with Crippen LogP contribution in [-0.2, 0) is 17.6 Å². The van der Waals surface area contributed by atoms with Crippen LogP contribution < -0.4 is 14.2 Å².